The molecule has 0 aromatic rings. The third kappa shape index (κ3) is 5.60. The molecule has 0 unspecified atom stereocenters. The van der Waals surface area contributed by atoms with Gasteiger partial charge in [-0.3, -0.25) is 0 Å². The van der Waals surface area contributed by atoms with Crippen LogP contribution in [-0.2, 0) is 0 Å². The number of hydrogen-bond donors (Lipinski definition) is 4. The lowest BCUT2D eigenvalue weighted by molar-refractivity contribution is 0.322. The smallest absolute Gasteiger partial charge is 0.173 e. The Balaban J connectivity index is 3.40. The first-order chi connectivity index (χ1) is 3.06. The second kappa shape index (κ2) is 2.05. The van der Waals surface area contributed by atoms with Crippen molar-refractivity contribution in [1.82, 2.24) is 5.09 Å². The van der Waals surface area contributed by atoms with E-state index in [2.05, 4.69) is 0 Å². The third-order valence-electron chi connectivity index (χ3n) is 0.200. The van der Waals surface area contributed by atoms with Gasteiger partial charge in [-0.05, 0) is 0 Å². The fourth-order valence-electron chi connectivity index (χ4n) is 0.0671. The molecular weight excluding hydrogens is 119 g/mol. The van der Waals surface area contributed by atoms with Crippen molar-refractivity contribution in [3.05, 3.63) is 0 Å². The molecule has 0 aliphatic heterocycles. The summed E-state index contributed by atoms with van der Waals surface area (Å²) < 4.78 is 0. The number of nitrogens with zero attached hydrogens (tertiary/aromatic N) is 1. The number of hydrogen-bond acceptors (Lipinski definition) is 5. The zero-order chi connectivity index (χ0) is 5.91. The molecule has 0 aromatic carbocycles. The summed E-state index contributed by atoms with van der Waals surface area (Å²) in [7, 11) is -4.03. The Bertz CT molecular complexity index is 90.1. The maximum atomic E-state index is 7.91. The van der Waals surface area contributed by atoms with E-state index >= 15 is 0 Å². The molecule has 7 heavy (non-hydrogen) atoms. The maximum Gasteiger partial charge on any atom is 0.529 e. The van der Waals surface area contributed by atoms with Gasteiger partial charge in [-0.2, -0.15) is 19.9 Å². The Morgan fingerprint density at radius 3 is 1.86 bits per heavy atom. The first kappa shape index (κ1) is 6.60. The second-order valence-corrected chi connectivity index (χ2v) is 2.15. The number of rotatable bonds is 1. The van der Waals surface area contributed by atoms with Gasteiger partial charge in [-0.25, -0.2) is 0 Å². The monoisotopic (exact) mass is 123 g/mol. The Hall–Kier alpha value is -0.400. The highest BCUT2D eigenvalue weighted by Gasteiger charge is 2.28. The lowest BCUT2D eigenvalue weighted by Crippen LogP contribution is -2.05. The lowest BCUT2D eigenvalue weighted by Gasteiger charge is -1.93. The fourth-order valence-corrected chi connectivity index (χ4v) is 0.201. The molecule has 4 N–H and O–H groups in total. The zero-order valence-electron chi connectivity index (χ0n) is 3.24. The van der Waals surface area contributed by atoms with E-state index in [1.54, 1.807) is 0 Å². The van der Waals surface area contributed by atoms with Crippen LogP contribution in [-0.4, -0.2) is 14.7 Å². The molecule has 0 rings (SSSR count). The molecule has 40 valence electrons. The summed E-state index contributed by atoms with van der Waals surface area (Å²) in [6.07, 6.45) is 1.16. The van der Waals surface area contributed by atoms with Crippen LogP contribution >= 0.6 is 8.09 Å². The van der Waals surface area contributed by atoms with E-state index in [-0.39, 0.29) is 0 Å². The van der Waals surface area contributed by atoms with Crippen LogP contribution in [0.1, 0.15) is 0 Å². The third-order valence-corrected chi connectivity index (χ3v) is 0.600. The van der Waals surface area contributed by atoms with Crippen molar-refractivity contribution in [2.24, 2.45) is 0 Å². The van der Waals surface area contributed by atoms with E-state index in [4.69, 9.17) is 19.9 Å². The largest absolute Gasteiger partial charge is 0.529 e. The van der Waals surface area contributed by atoms with E-state index < -0.39 is 8.09 Å². The van der Waals surface area contributed by atoms with Gasteiger partial charge in [0.15, 0.2) is 0 Å². The predicted octanol–water partition coefficient (Wildman–Crippen LogP) is -1.29. The minimum Gasteiger partial charge on any atom is -0.173 e. The predicted molar refractivity (Wildman–Crippen MR) is 22.3 cm³/mol. The van der Waals surface area contributed by atoms with Gasteiger partial charge in [-0.1, -0.05) is 0 Å². The normalized spacial score (nSPS) is 10.0. The molecule has 0 atom stereocenters. The molecule has 0 amide bonds. The van der Waals surface area contributed by atoms with Crippen LogP contribution in [0.5, 0.6) is 0 Å². The van der Waals surface area contributed by atoms with Gasteiger partial charge in [0.2, 0.25) is 6.19 Å². The van der Waals surface area contributed by atoms with Gasteiger partial charge in [0.05, 0.1) is 0 Å². The molecule has 5 nitrogen and oxygen atoms in total. The number of nitrogens with one attached hydrogen (secondary N) is 1. The molecule has 0 bridgehead atoms. The summed E-state index contributed by atoms with van der Waals surface area (Å²) in [6.45, 7) is 0. The maximum absolute atomic E-state index is 7.91. The molecule has 0 spiro atoms. The van der Waals surface area contributed by atoms with Gasteiger partial charge >= 0.3 is 8.09 Å². The van der Waals surface area contributed by atoms with Crippen LogP contribution in [0.15, 0.2) is 0 Å². The van der Waals surface area contributed by atoms with Crippen molar-refractivity contribution in [2.75, 3.05) is 0 Å². The minimum atomic E-state index is -4.03. The first-order valence-electron chi connectivity index (χ1n) is 1.30. The van der Waals surface area contributed by atoms with Gasteiger partial charge < -0.3 is 0 Å². The Morgan fingerprint density at radius 2 is 1.86 bits per heavy atom. The molecule has 0 heterocycles. The summed E-state index contributed by atoms with van der Waals surface area (Å²) in [4.78, 5) is 23.7. The molecule has 0 aliphatic rings. The van der Waals surface area contributed by atoms with Crippen LogP contribution in [0.25, 0.3) is 0 Å². The Kier molecular flexibility index (Phi) is 1.93. The standard InChI is InChI=1S/CH4N2O3P/c2-1-3-7(4,5)6/h3-6H/q+1. The second-order valence-electron chi connectivity index (χ2n) is 0.792. The molecule has 6 heteroatoms. The Morgan fingerprint density at radius 1 is 1.43 bits per heavy atom. The minimum absolute atomic E-state index is 1.16. The van der Waals surface area contributed by atoms with E-state index in [0.717, 1.165) is 6.19 Å². The van der Waals surface area contributed by atoms with Gasteiger partial charge in [0.1, 0.15) is 0 Å². The van der Waals surface area contributed by atoms with Crippen LogP contribution in [0.2, 0.25) is 0 Å². The lowest BCUT2D eigenvalue weighted by atomic mass is 11.5. The number of nitriles is 1. The molecule has 0 fully saturated rings. The van der Waals surface area contributed by atoms with Crippen LogP contribution < -0.4 is 5.09 Å². The molecule has 0 saturated heterocycles. The molecule has 0 radical (unpaired) electrons. The molecule has 0 aromatic heterocycles. The van der Waals surface area contributed by atoms with Gasteiger partial charge in [0, 0.05) is 0 Å². The summed E-state index contributed by atoms with van der Waals surface area (Å²) in [5, 5.41) is 8.96. The quantitative estimate of drug-likeness (QED) is 0.197. The van der Waals surface area contributed by atoms with Gasteiger partial charge in [-0.15, -0.1) is 5.09 Å². The van der Waals surface area contributed by atoms with Crippen molar-refractivity contribution < 1.29 is 14.7 Å². The summed E-state index contributed by atoms with van der Waals surface area (Å²) in [6, 6.07) is 0. The van der Waals surface area contributed by atoms with E-state index in [0.29, 0.717) is 0 Å². The highest BCUT2D eigenvalue weighted by molar-refractivity contribution is 7.56. The average molecular weight is 123 g/mol. The van der Waals surface area contributed by atoms with Crippen molar-refractivity contribution in [1.29, 1.82) is 5.26 Å². The summed E-state index contributed by atoms with van der Waals surface area (Å²) in [5.74, 6) is 0. The summed E-state index contributed by atoms with van der Waals surface area (Å²) in [5.41, 5.74) is 0. The van der Waals surface area contributed by atoms with Crippen molar-refractivity contribution in [3.8, 4) is 6.19 Å². The molecule has 0 saturated carbocycles. The van der Waals surface area contributed by atoms with E-state index in [1.165, 1.54) is 5.09 Å². The average Bonchev–Trinajstić information content (AvgIpc) is 1.30. The van der Waals surface area contributed by atoms with Crippen molar-refractivity contribution in [2.45, 2.75) is 0 Å². The van der Waals surface area contributed by atoms with E-state index in [9.17, 15) is 0 Å². The first-order valence-corrected chi connectivity index (χ1v) is 2.94. The zero-order valence-corrected chi connectivity index (χ0v) is 4.13. The van der Waals surface area contributed by atoms with Crippen LogP contribution in [0.4, 0.5) is 0 Å². The van der Waals surface area contributed by atoms with E-state index in [1.807, 2.05) is 0 Å². The summed E-state index contributed by atoms with van der Waals surface area (Å²) >= 11 is 0. The highest BCUT2D eigenvalue weighted by atomic mass is 31.2. The fraction of sp³-hybridized carbons (Fsp3) is 0. The topological polar surface area (TPSA) is 96.5 Å². The molecular formula is CH4N2O3P+. The van der Waals surface area contributed by atoms with Crippen molar-refractivity contribution >= 4 is 8.09 Å². The van der Waals surface area contributed by atoms with Gasteiger partial charge in [0.25, 0.3) is 0 Å². The SMILES string of the molecule is N#CN[P+](O)(O)O. The van der Waals surface area contributed by atoms with Crippen molar-refractivity contribution in [3.63, 3.8) is 0 Å². The van der Waals surface area contributed by atoms with Crippen LogP contribution in [0, 0.1) is 11.5 Å². The van der Waals surface area contributed by atoms with Crippen LogP contribution in [0.3, 0.4) is 0 Å². The Labute approximate surface area is 40.5 Å². The highest BCUT2D eigenvalue weighted by Crippen LogP contribution is 2.37. The molecule has 0 aliphatic carbocycles.